The molecule has 0 saturated heterocycles. The number of ether oxygens (including phenoxy) is 2. The van der Waals surface area contributed by atoms with Gasteiger partial charge in [-0.05, 0) is 44.5 Å². The molecule has 0 spiro atoms. The number of hydrogen-bond acceptors (Lipinski definition) is 6. The first-order valence-electron chi connectivity index (χ1n) is 8.62. The van der Waals surface area contributed by atoms with E-state index in [0.29, 0.717) is 13.0 Å². The summed E-state index contributed by atoms with van der Waals surface area (Å²) < 4.78 is 17.5. The lowest BCUT2D eigenvalue weighted by molar-refractivity contribution is 0.200. The molecule has 7 nitrogen and oxygen atoms in total. The largest absolute Gasteiger partial charge is 0.497 e. The quantitative estimate of drug-likeness (QED) is 0.618. The van der Waals surface area contributed by atoms with E-state index in [0.717, 1.165) is 52.9 Å². The van der Waals surface area contributed by atoms with E-state index in [4.69, 9.17) is 19.0 Å². The van der Waals surface area contributed by atoms with Crippen LogP contribution >= 0.6 is 0 Å². The van der Waals surface area contributed by atoms with Crippen LogP contribution in [0.15, 0.2) is 28.8 Å². The van der Waals surface area contributed by atoms with Gasteiger partial charge in [-0.15, -0.1) is 0 Å². The molecule has 0 aliphatic carbocycles. The molecule has 3 aromatic rings. The molecule has 138 valence electrons. The van der Waals surface area contributed by atoms with E-state index >= 15 is 0 Å². The van der Waals surface area contributed by atoms with Crippen molar-refractivity contribution in [2.45, 2.75) is 33.1 Å². The van der Waals surface area contributed by atoms with Crippen LogP contribution in [-0.4, -0.2) is 40.7 Å². The Morgan fingerprint density at radius 3 is 2.42 bits per heavy atom. The third-order valence-electron chi connectivity index (χ3n) is 4.34. The van der Waals surface area contributed by atoms with E-state index in [-0.39, 0.29) is 0 Å². The lowest BCUT2D eigenvalue weighted by Crippen LogP contribution is -2.05. The van der Waals surface area contributed by atoms with E-state index in [1.807, 2.05) is 42.8 Å². The van der Waals surface area contributed by atoms with Crippen LogP contribution in [0.5, 0.6) is 5.75 Å². The van der Waals surface area contributed by atoms with Crippen molar-refractivity contribution < 1.29 is 14.0 Å². The molecule has 0 saturated carbocycles. The van der Waals surface area contributed by atoms with Crippen molar-refractivity contribution in [2.24, 2.45) is 0 Å². The van der Waals surface area contributed by atoms with Crippen molar-refractivity contribution in [3.05, 3.63) is 52.9 Å². The van der Waals surface area contributed by atoms with Gasteiger partial charge in [-0.2, -0.15) is 5.10 Å². The second-order valence-corrected chi connectivity index (χ2v) is 6.10. The molecule has 0 amide bonds. The van der Waals surface area contributed by atoms with E-state index in [1.165, 1.54) is 0 Å². The van der Waals surface area contributed by atoms with Gasteiger partial charge in [0.25, 0.3) is 0 Å². The summed E-state index contributed by atoms with van der Waals surface area (Å²) in [5.41, 5.74) is 3.01. The Balaban J connectivity index is 1.87. The average molecular weight is 356 g/mol. The van der Waals surface area contributed by atoms with Crippen molar-refractivity contribution in [3.63, 3.8) is 0 Å². The maximum absolute atomic E-state index is 5.26. The summed E-state index contributed by atoms with van der Waals surface area (Å²) in [6.45, 7) is 4.49. The number of methoxy groups -OCH3 is 2. The monoisotopic (exact) mass is 356 g/mol. The first-order chi connectivity index (χ1) is 12.6. The van der Waals surface area contributed by atoms with Crippen LogP contribution in [0.25, 0.3) is 5.69 Å². The minimum absolute atomic E-state index is 0.593. The van der Waals surface area contributed by atoms with Gasteiger partial charge >= 0.3 is 0 Å². The van der Waals surface area contributed by atoms with Crippen molar-refractivity contribution in [1.29, 1.82) is 0 Å². The number of aromatic nitrogens is 4. The predicted octanol–water partition coefficient (Wildman–Crippen LogP) is 2.85. The number of benzene rings is 1. The fourth-order valence-electron chi connectivity index (χ4n) is 2.88. The normalized spacial score (nSPS) is 11.1. The molecule has 0 bridgehead atoms. The van der Waals surface area contributed by atoms with Gasteiger partial charge in [0.15, 0.2) is 5.82 Å². The van der Waals surface area contributed by atoms with Crippen LogP contribution in [0.4, 0.5) is 0 Å². The number of aryl methyl sites for hydroxylation is 3. The summed E-state index contributed by atoms with van der Waals surface area (Å²) in [5.74, 6) is 3.35. The first-order valence-corrected chi connectivity index (χ1v) is 8.62. The van der Waals surface area contributed by atoms with E-state index < -0.39 is 0 Å². The minimum atomic E-state index is 0.593. The number of nitrogens with zero attached hydrogens (tertiary/aromatic N) is 4. The molecular formula is C19H24N4O3. The molecule has 3 rings (SSSR count). The SMILES string of the molecule is COCCc1nc(CCc2c(C)noc2C)n(-c2ccc(OC)cc2)n1. The number of hydrogen-bond donors (Lipinski definition) is 0. The van der Waals surface area contributed by atoms with Crippen LogP contribution in [0.1, 0.15) is 28.7 Å². The van der Waals surface area contributed by atoms with Crippen LogP contribution in [-0.2, 0) is 24.0 Å². The molecular weight excluding hydrogens is 332 g/mol. The Labute approximate surface area is 152 Å². The van der Waals surface area contributed by atoms with Gasteiger partial charge in [0.1, 0.15) is 17.3 Å². The highest BCUT2D eigenvalue weighted by Gasteiger charge is 2.15. The highest BCUT2D eigenvalue weighted by molar-refractivity contribution is 5.37. The molecule has 0 N–H and O–H groups in total. The smallest absolute Gasteiger partial charge is 0.153 e. The lowest BCUT2D eigenvalue weighted by atomic mass is 10.1. The van der Waals surface area contributed by atoms with Crippen molar-refractivity contribution in [1.82, 2.24) is 19.9 Å². The maximum atomic E-state index is 5.26. The third-order valence-corrected chi connectivity index (χ3v) is 4.34. The second-order valence-electron chi connectivity index (χ2n) is 6.10. The zero-order valence-electron chi connectivity index (χ0n) is 15.7. The predicted molar refractivity (Wildman–Crippen MR) is 96.9 cm³/mol. The molecule has 0 radical (unpaired) electrons. The summed E-state index contributed by atoms with van der Waals surface area (Å²) in [4.78, 5) is 4.72. The van der Waals surface area contributed by atoms with Gasteiger partial charge < -0.3 is 14.0 Å². The lowest BCUT2D eigenvalue weighted by Gasteiger charge is -2.07. The Morgan fingerprint density at radius 1 is 1.04 bits per heavy atom. The highest BCUT2D eigenvalue weighted by atomic mass is 16.5. The maximum Gasteiger partial charge on any atom is 0.153 e. The summed E-state index contributed by atoms with van der Waals surface area (Å²) >= 11 is 0. The minimum Gasteiger partial charge on any atom is -0.497 e. The van der Waals surface area contributed by atoms with Crippen LogP contribution in [0.3, 0.4) is 0 Å². The molecule has 7 heteroatoms. The Morgan fingerprint density at radius 2 is 1.81 bits per heavy atom. The van der Waals surface area contributed by atoms with E-state index in [1.54, 1.807) is 14.2 Å². The van der Waals surface area contributed by atoms with Gasteiger partial charge in [-0.1, -0.05) is 5.16 Å². The Hall–Kier alpha value is -2.67. The van der Waals surface area contributed by atoms with Crippen LogP contribution in [0, 0.1) is 13.8 Å². The standard InChI is InChI=1S/C19H24N4O3/c1-13-17(14(2)26-22-13)9-10-19-20-18(11-12-24-3)21-23(19)15-5-7-16(25-4)8-6-15/h5-8H,9-12H2,1-4H3. The van der Waals surface area contributed by atoms with Gasteiger partial charge in [0.05, 0.1) is 25.1 Å². The van der Waals surface area contributed by atoms with Crippen molar-refractivity contribution in [2.75, 3.05) is 20.8 Å². The average Bonchev–Trinajstić information content (AvgIpc) is 3.21. The Kier molecular flexibility index (Phi) is 5.68. The molecule has 0 fully saturated rings. The summed E-state index contributed by atoms with van der Waals surface area (Å²) in [7, 11) is 3.33. The third kappa shape index (κ3) is 3.94. The Bertz CT molecular complexity index is 833. The summed E-state index contributed by atoms with van der Waals surface area (Å²) in [6.07, 6.45) is 2.23. The highest BCUT2D eigenvalue weighted by Crippen LogP contribution is 2.19. The fraction of sp³-hybridized carbons (Fsp3) is 0.421. The zero-order chi connectivity index (χ0) is 18.5. The van der Waals surface area contributed by atoms with Crippen molar-refractivity contribution >= 4 is 0 Å². The molecule has 26 heavy (non-hydrogen) atoms. The molecule has 0 aliphatic rings. The zero-order valence-corrected chi connectivity index (χ0v) is 15.7. The first kappa shape index (κ1) is 18.1. The summed E-state index contributed by atoms with van der Waals surface area (Å²) in [6, 6.07) is 7.80. The fourth-order valence-corrected chi connectivity index (χ4v) is 2.88. The topological polar surface area (TPSA) is 75.2 Å². The van der Waals surface area contributed by atoms with E-state index in [9.17, 15) is 0 Å². The van der Waals surface area contributed by atoms with Crippen LogP contribution in [0.2, 0.25) is 0 Å². The van der Waals surface area contributed by atoms with Gasteiger partial charge in [0, 0.05) is 25.5 Å². The van der Waals surface area contributed by atoms with E-state index in [2.05, 4.69) is 10.3 Å². The molecule has 2 aromatic heterocycles. The molecule has 0 atom stereocenters. The van der Waals surface area contributed by atoms with Gasteiger partial charge in [-0.3, -0.25) is 0 Å². The van der Waals surface area contributed by atoms with Gasteiger partial charge in [-0.25, -0.2) is 9.67 Å². The van der Waals surface area contributed by atoms with Crippen LogP contribution < -0.4 is 4.74 Å². The summed E-state index contributed by atoms with van der Waals surface area (Å²) in [5, 5.41) is 8.69. The molecule has 1 aromatic carbocycles. The molecule has 0 aliphatic heterocycles. The second kappa shape index (κ2) is 8.14. The molecule has 2 heterocycles. The molecule has 0 unspecified atom stereocenters. The van der Waals surface area contributed by atoms with Crippen molar-refractivity contribution in [3.8, 4) is 11.4 Å². The number of rotatable bonds is 8. The van der Waals surface area contributed by atoms with Gasteiger partial charge in [0.2, 0.25) is 0 Å².